The monoisotopic (exact) mass is 758 g/mol. The molecule has 2 fully saturated rings. The van der Waals surface area contributed by atoms with Crippen LogP contribution in [0, 0.1) is 18.8 Å². The molecule has 0 spiro atoms. The van der Waals surface area contributed by atoms with E-state index in [2.05, 4.69) is 25.9 Å². The number of rotatable bonds is 11. The summed E-state index contributed by atoms with van der Waals surface area (Å²) in [6.07, 6.45) is 4.28. The molecule has 13 nitrogen and oxygen atoms in total. The molecule has 1 atom stereocenters. The molecule has 2 aliphatic rings. The van der Waals surface area contributed by atoms with Crippen molar-refractivity contribution in [2.45, 2.75) is 89.2 Å². The Kier molecular flexibility index (Phi) is 11.6. The number of anilines is 1. The van der Waals surface area contributed by atoms with Crippen molar-refractivity contribution in [3.05, 3.63) is 82.3 Å². The van der Waals surface area contributed by atoms with Crippen molar-refractivity contribution in [2.24, 2.45) is 11.8 Å². The lowest BCUT2D eigenvalue weighted by Gasteiger charge is -2.29. The van der Waals surface area contributed by atoms with Gasteiger partial charge in [0.15, 0.2) is 0 Å². The predicted molar refractivity (Wildman–Crippen MR) is 207 cm³/mol. The van der Waals surface area contributed by atoms with Crippen molar-refractivity contribution in [2.75, 3.05) is 25.0 Å². The highest BCUT2D eigenvalue weighted by atomic mass is 32.2. The number of benzene rings is 3. The Balaban J connectivity index is 1.13. The van der Waals surface area contributed by atoms with Gasteiger partial charge in [-0.2, -0.15) is 4.31 Å². The van der Waals surface area contributed by atoms with Crippen LogP contribution in [0.25, 0.3) is 22.2 Å². The number of alkyl carbamates (subject to hydrolysis) is 1. The first-order chi connectivity index (χ1) is 25.6. The summed E-state index contributed by atoms with van der Waals surface area (Å²) >= 11 is 0. The zero-order valence-corrected chi connectivity index (χ0v) is 32.1. The molecule has 4 aromatic rings. The van der Waals surface area contributed by atoms with Gasteiger partial charge in [0.2, 0.25) is 21.8 Å². The van der Waals surface area contributed by atoms with Gasteiger partial charge in [0.25, 0.3) is 0 Å². The number of imidazole rings is 1. The Morgan fingerprint density at radius 3 is 2.26 bits per heavy atom. The van der Waals surface area contributed by atoms with Crippen LogP contribution in [0.3, 0.4) is 0 Å². The van der Waals surface area contributed by atoms with Crippen molar-refractivity contribution < 1.29 is 27.5 Å². The first-order valence-electron chi connectivity index (χ1n) is 18.6. The average Bonchev–Trinajstić information content (AvgIpc) is 3.80. The Morgan fingerprint density at radius 2 is 1.59 bits per heavy atom. The Hall–Kier alpha value is -4.95. The highest BCUT2D eigenvalue weighted by Crippen LogP contribution is 2.30. The maximum absolute atomic E-state index is 13.8. The summed E-state index contributed by atoms with van der Waals surface area (Å²) in [7, 11) is -3.53. The number of aromatic amines is 2. The smallest absolute Gasteiger partial charge is 0.407 e. The maximum Gasteiger partial charge on any atom is 0.407 e. The highest BCUT2D eigenvalue weighted by Gasteiger charge is 2.31. The number of nitrogens with zero attached hydrogens (tertiary/aromatic N) is 1. The third-order valence-corrected chi connectivity index (χ3v) is 12.1. The maximum atomic E-state index is 13.8. The first-order valence-corrected chi connectivity index (χ1v) is 20.1. The van der Waals surface area contributed by atoms with Gasteiger partial charge in [0, 0.05) is 37.7 Å². The predicted octanol–water partition coefficient (Wildman–Crippen LogP) is 5.61. The van der Waals surface area contributed by atoms with Crippen LogP contribution in [-0.4, -0.2) is 71.9 Å². The van der Waals surface area contributed by atoms with Crippen molar-refractivity contribution in [1.29, 1.82) is 0 Å². The van der Waals surface area contributed by atoms with Gasteiger partial charge >= 0.3 is 11.8 Å². The van der Waals surface area contributed by atoms with Crippen molar-refractivity contribution in [1.82, 2.24) is 24.9 Å². The van der Waals surface area contributed by atoms with Crippen LogP contribution < -0.4 is 21.6 Å². The summed E-state index contributed by atoms with van der Waals surface area (Å²) in [5.41, 5.74) is 4.16. The minimum atomic E-state index is -3.53. The van der Waals surface area contributed by atoms with Crippen LogP contribution in [0.1, 0.15) is 70.4 Å². The topological polar surface area (TPSA) is 183 Å². The molecule has 3 aromatic carbocycles. The molecule has 0 radical (unpaired) electrons. The highest BCUT2D eigenvalue weighted by molar-refractivity contribution is 7.89. The molecule has 1 saturated carbocycles. The SMILES string of the molecule is Cc1cc(S(=O)(=O)N2CCCC2)ccc1-c1ccc(C[C@H](NC(=O)[C@H]2CC[C@H](CNC(=O)OC(C)(C)C)CC2)C(=O)Nc2ccc3[nH]c(=O)[nH]c3c2)cc1. The van der Waals surface area contributed by atoms with Crippen LogP contribution in [0.15, 0.2) is 70.4 Å². The fourth-order valence-electron chi connectivity index (χ4n) is 7.26. The van der Waals surface area contributed by atoms with Gasteiger partial charge in [0.05, 0.1) is 15.9 Å². The number of hydrogen-bond donors (Lipinski definition) is 5. The van der Waals surface area contributed by atoms with Crippen molar-refractivity contribution in [3.63, 3.8) is 0 Å². The third kappa shape index (κ3) is 9.58. The Labute approximate surface area is 315 Å². The molecule has 3 amide bonds. The summed E-state index contributed by atoms with van der Waals surface area (Å²) < 4.78 is 33.1. The quantitative estimate of drug-likeness (QED) is 0.132. The van der Waals surface area contributed by atoms with E-state index in [-0.39, 0.29) is 29.9 Å². The van der Waals surface area contributed by atoms with Gasteiger partial charge in [-0.05, 0) is 125 Å². The number of fused-ring (bicyclic) bond motifs is 1. The van der Waals surface area contributed by atoms with Gasteiger partial charge in [-0.25, -0.2) is 18.0 Å². The van der Waals surface area contributed by atoms with E-state index < -0.39 is 33.7 Å². The summed E-state index contributed by atoms with van der Waals surface area (Å²) in [6, 6.07) is 17.1. The van der Waals surface area contributed by atoms with Gasteiger partial charge < -0.3 is 30.7 Å². The van der Waals surface area contributed by atoms with E-state index >= 15 is 0 Å². The van der Waals surface area contributed by atoms with E-state index in [4.69, 9.17) is 4.74 Å². The van der Waals surface area contributed by atoms with Crippen LogP contribution in [0.5, 0.6) is 0 Å². The summed E-state index contributed by atoms with van der Waals surface area (Å²) in [6.45, 7) is 8.91. The number of carbonyl (C=O) groups excluding carboxylic acids is 3. The average molecular weight is 759 g/mol. The van der Waals surface area contributed by atoms with E-state index in [1.54, 1.807) is 34.6 Å². The number of nitrogens with one attached hydrogen (secondary N) is 5. The molecule has 1 saturated heterocycles. The second-order valence-electron chi connectivity index (χ2n) is 15.5. The lowest BCUT2D eigenvalue weighted by Crippen LogP contribution is -2.48. The van der Waals surface area contributed by atoms with Crippen LogP contribution in [0.4, 0.5) is 10.5 Å². The summed E-state index contributed by atoms with van der Waals surface area (Å²) in [5, 5.41) is 8.77. The van der Waals surface area contributed by atoms with Gasteiger partial charge in [-0.3, -0.25) is 9.59 Å². The first kappa shape index (κ1) is 38.8. The number of hydrogen-bond acceptors (Lipinski definition) is 7. The van der Waals surface area contributed by atoms with Crippen molar-refractivity contribution >= 4 is 44.7 Å². The molecule has 14 heteroatoms. The van der Waals surface area contributed by atoms with Gasteiger partial charge in [-0.1, -0.05) is 30.3 Å². The zero-order valence-electron chi connectivity index (χ0n) is 31.3. The number of carbonyl (C=O) groups is 3. The molecule has 2 heterocycles. The number of H-pyrrole nitrogens is 2. The summed E-state index contributed by atoms with van der Waals surface area (Å²) in [5.74, 6) is -0.647. The lowest BCUT2D eigenvalue weighted by molar-refractivity contribution is -0.130. The van der Waals surface area contributed by atoms with E-state index in [1.807, 2.05) is 58.0 Å². The second kappa shape index (κ2) is 16.2. The number of sulfonamides is 1. The fourth-order valence-corrected chi connectivity index (χ4v) is 8.87. The van der Waals surface area contributed by atoms with Gasteiger partial charge in [-0.15, -0.1) is 0 Å². The van der Waals surface area contributed by atoms with E-state index in [9.17, 15) is 27.6 Å². The molecule has 54 heavy (non-hydrogen) atoms. The largest absolute Gasteiger partial charge is 0.444 e. The third-order valence-electron chi connectivity index (χ3n) is 10.2. The molecule has 1 aliphatic carbocycles. The van der Waals surface area contributed by atoms with Crippen LogP contribution in [0.2, 0.25) is 0 Å². The number of aromatic nitrogens is 2. The molecule has 1 aromatic heterocycles. The normalized spacial score (nSPS) is 18.6. The molecule has 1 aliphatic heterocycles. The number of ether oxygens (including phenoxy) is 1. The van der Waals surface area contributed by atoms with E-state index in [0.717, 1.165) is 47.9 Å². The van der Waals surface area contributed by atoms with E-state index in [0.29, 0.717) is 54.1 Å². The van der Waals surface area contributed by atoms with Crippen molar-refractivity contribution in [3.8, 4) is 11.1 Å². The molecule has 5 N–H and O–H groups in total. The summed E-state index contributed by atoms with van der Waals surface area (Å²) in [4.78, 5) is 57.0. The minimum Gasteiger partial charge on any atom is -0.444 e. The number of amides is 3. The molecule has 6 rings (SSSR count). The molecular weight excluding hydrogens is 709 g/mol. The second-order valence-corrected chi connectivity index (χ2v) is 17.4. The fraction of sp³-hybridized carbons (Fsp3) is 0.450. The molecule has 288 valence electrons. The standard InChI is InChI=1S/C40H50N6O7S/c1-25-21-31(54(51,52)46-19-5-6-20-46)16-17-32(25)28-11-7-26(8-12-28)22-35(37(48)42-30-15-18-33-34(23-30)45-38(49)44-33)43-36(47)29-13-9-27(10-14-29)24-41-39(50)53-40(2,3)4/h7-8,11-12,15-18,21,23,27,29,35H,5-6,9-10,13-14,19-20,22,24H2,1-4H3,(H,41,50)(H,42,48)(H,43,47)(H2,44,45,49)/t27-,29-,35-/m0/s1. The van der Waals surface area contributed by atoms with Crippen LogP contribution in [-0.2, 0) is 30.8 Å². The Morgan fingerprint density at radius 1 is 0.907 bits per heavy atom. The number of aryl methyl sites for hydroxylation is 1. The minimum absolute atomic E-state index is 0.199. The molecule has 0 bridgehead atoms. The lowest BCUT2D eigenvalue weighted by atomic mass is 9.81. The molecular formula is C40H50N6O7S. The Bertz CT molecular complexity index is 2160. The van der Waals surface area contributed by atoms with Crippen LogP contribution >= 0.6 is 0 Å². The van der Waals surface area contributed by atoms with Gasteiger partial charge in [0.1, 0.15) is 11.6 Å². The van der Waals surface area contributed by atoms with E-state index in [1.165, 1.54) is 0 Å². The molecule has 0 unspecified atom stereocenters. The zero-order chi connectivity index (χ0) is 38.6.